The molecule has 0 bridgehead atoms. The lowest BCUT2D eigenvalue weighted by molar-refractivity contribution is -0.136. The Morgan fingerprint density at radius 1 is 1.23 bits per heavy atom. The van der Waals surface area contributed by atoms with E-state index in [1.54, 1.807) is 13.0 Å². The SMILES string of the molecule is Cc1cc(NC(=O)C(=O)NC2CCCCC2)n(C2NC(=O)CC(C)N2)n1. The van der Waals surface area contributed by atoms with Crippen LogP contribution in [0.4, 0.5) is 5.82 Å². The van der Waals surface area contributed by atoms with Crippen LogP contribution in [0, 0.1) is 6.92 Å². The van der Waals surface area contributed by atoms with Crippen LogP contribution in [0.2, 0.25) is 0 Å². The first kappa shape index (κ1) is 18.4. The van der Waals surface area contributed by atoms with Crippen LogP contribution in [-0.2, 0) is 14.4 Å². The summed E-state index contributed by atoms with van der Waals surface area (Å²) in [6.07, 6.45) is 4.94. The van der Waals surface area contributed by atoms with Gasteiger partial charge in [0.15, 0.2) is 6.29 Å². The molecule has 2 atom stereocenters. The number of nitrogens with zero attached hydrogens (tertiary/aromatic N) is 2. The number of hydrogen-bond donors (Lipinski definition) is 4. The predicted octanol–water partition coefficient (Wildman–Crippen LogP) is 0.533. The summed E-state index contributed by atoms with van der Waals surface area (Å²) in [5.74, 6) is -1.11. The Morgan fingerprint density at radius 3 is 2.65 bits per heavy atom. The van der Waals surface area contributed by atoms with Crippen LogP contribution in [-0.4, -0.2) is 39.6 Å². The highest BCUT2D eigenvalue weighted by Crippen LogP contribution is 2.18. The van der Waals surface area contributed by atoms with Gasteiger partial charge < -0.3 is 16.0 Å². The summed E-state index contributed by atoms with van der Waals surface area (Å²) in [4.78, 5) is 36.2. The van der Waals surface area contributed by atoms with E-state index in [4.69, 9.17) is 0 Å². The molecule has 1 saturated heterocycles. The van der Waals surface area contributed by atoms with Crippen LogP contribution in [0.5, 0.6) is 0 Å². The molecule has 9 nitrogen and oxygen atoms in total. The quantitative estimate of drug-likeness (QED) is 0.585. The number of carbonyl (C=O) groups is 3. The van der Waals surface area contributed by atoms with E-state index in [-0.39, 0.29) is 18.0 Å². The fraction of sp³-hybridized carbons (Fsp3) is 0.647. The molecular formula is C17H26N6O3. The normalized spacial score (nSPS) is 24.0. The maximum absolute atomic E-state index is 12.3. The lowest BCUT2D eigenvalue weighted by Crippen LogP contribution is -2.52. The third-order valence-electron chi connectivity index (χ3n) is 4.72. The van der Waals surface area contributed by atoms with Gasteiger partial charge in [-0.2, -0.15) is 5.10 Å². The van der Waals surface area contributed by atoms with Gasteiger partial charge >= 0.3 is 11.8 Å². The Labute approximate surface area is 152 Å². The molecule has 1 aliphatic heterocycles. The average molecular weight is 362 g/mol. The van der Waals surface area contributed by atoms with Crippen LogP contribution in [0.3, 0.4) is 0 Å². The molecule has 1 aliphatic carbocycles. The topological polar surface area (TPSA) is 117 Å². The van der Waals surface area contributed by atoms with Crippen LogP contribution in [0.15, 0.2) is 6.07 Å². The second-order valence-electron chi connectivity index (χ2n) is 7.12. The van der Waals surface area contributed by atoms with Gasteiger partial charge in [-0.1, -0.05) is 19.3 Å². The molecule has 2 fully saturated rings. The molecule has 1 aromatic heterocycles. The van der Waals surface area contributed by atoms with Gasteiger partial charge in [0.1, 0.15) is 5.82 Å². The molecule has 1 aromatic rings. The highest BCUT2D eigenvalue weighted by Gasteiger charge is 2.28. The van der Waals surface area contributed by atoms with Crippen molar-refractivity contribution in [2.75, 3.05) is 5.32 Å². The van der Waals surface area contributed by atoms with Crippen LogP contribution < -0.4 is 21.3 Å². The van der Waals surface area contributed by atoms with E-state index in [1.807, 2.05) is 6.92 Å². The first-order chi connectivity index (χ1) is 12.4. The molecule has 0 radical (unpaired) electrons. The molecule has 3 amide bonds. The molecular weight excluding hydrogens is 336 g/mol. The Bertz CT molecular complexity index is 695. The van der Waals surface area contributed by atoms with Gasteiger partial charge in [-0.05, 0) is 26.7 Å². The first-order valence-electron chi connectivity index (χ1n) is 9.16. The maximum atomic E-state index is 12.3. The Kier molecular flexibility index (Phi) is 5.55. The molecule has 2 aliphatic rings. The van der Waals surface area contributed by atoms with Gasteiger partial charge in [-0.25, -0.2) is 4.68 Å². The van der Waals surface area contributed by atoms with Crippen molar-refractivity contribution in [2.45, 2.75) is 70.7 Å². The standard InChI is InChI=1S/C17H26N6O3/c1-10-9-14(24)21-17(18-10)23-13(8-11(2)22-23)20-16(26)15(25)19-12-6-4-3-5-7-12/h8,10,12,17-18H,3-7,9H2,1-2H3,(H,19,25)(H,20,26)(H,21,24). The molecule has 0 aromatic carbocycles. The van der Waals surface area contributed by atoms with Crippen LogP contribution >= 0.6 is 0 Å². The largest absolute Gasteiger partial charge is 0.345 e. The summed E-state index contributed by atoms with van der Waals surface area (Å²) in [6, 6.07) is 1.71. The molecule has 142 valence electrons. The van der Waals surface area contributed by atoms with Gasteiger partial charge in [0.2, 0.25) is 5.91 Å². The fourth-order valence-electron chi connectivity index (χ4n) is 3.47. The number of carbonyl (C=O) groups excluding carboxylic acids is 3. The molecule has 2 unspecified atom stereocenters. The summed E-state index contributed by atoms with van der Waals surface area (Å²) >= 11 is 0. The van der Waals surface area contributed by atoms with Crippen molar-refractivity contribution in [1.29, 1.82) is 0 Å². The number of aryl methyl sites for hydroxylation is 1. The Balaban J connectivity index is 1.66. The average Bonchev–Trinajstić information content (AvgIpc) is 2.95. The number of anilines is 1. The number of hydrogen-bond acceptors (Lipinski definition) is 5. The highest BCUT2D eigenvalue weighted by molar-refractivity contribution is 6.39. The molecule has 3 rings (SSSR count). The maximum Gasteiger partial charge on any atom is 0.314 e. The van der Waals surface area contributed by atoms with Crippen molar-refractivity contribution < 1.29 is 14.4 Å². The second-order valence-corrected chi connectivity index (χ2v) is 7.12. The fourth-order valence-corrected chi connectivity index (χ4v) is 3.47. The van der Waals surface area contributed by atoms with E-state index in [0.717, 1.165) is 25.7 Å². The number of aromatic nitrogens is 2. The van der Waals surface area contributed by atoms with Crippen molar-refractivity contribution in [3.05, 3.63) is 11.8 Å². The van der Waals surface area contributed by atoms with Crippen molar-refractivity contribution >= 4 is 23.5 Å². The summed E-state index contributed by atoms with van der Waals surface area (Å²) in [7, 11) is 0. The molecule has 1 saturated carbocycles. The minimum atomic E-state index is -0.730. The molecule has 2 heterocycles. The monoisotopic (exact) mass is 362 g/mol. The third-order valence-corrected chi connectivity index (χ3v) is 4.72. The van der Waals surface area contributed by atoms with Crippen LogP contribution in [0.1, 0.15) is 57.4 Å². The zero-order chi connectivity index (χ0) is 18.7. The van der Waals surface area contributed by atoms with Crippen molar-refractivity contribution in [3.8, 4) is 0 Å². The zero-order valence-corrected chi connectivity index (χ0v) is 15.2. The summed E-state index contributed by atoms with van der Waals surface area (Å²) < 4.78 is 1.48. The van der Waals surface area contributed by atoms with E-state index in [2.05, 4.69) is 26.4 Å². The first-order valence-corrected chi connectivity index (χ1v) is 9.16. The Hall–Kier alpha value is -2.42. The van der Waals surface area contributed by atoms with Gasteiger partial charge in [0, 0.05) is 24.6 Å². The van der Waals surface area contributed by atoms with Crippen molar-refractivity contribution in [3.63, 3.8) is 0 Å². The minimum Gasteiger partial charge on any atom is -0.345 e. The number of nitrogens with one attached hydrogen (secondary N) is 4. The smallest absolute Gasteiger partial charge is 0.314 e. The van der Waals surface area contributed by atoms with Crippen LogP contribution in [0.25, 0.3) is 0 Å². The summed E-state index contributed by atoms with van der Waals surface area (Å²) in [6.45, 7) is 3.68. The van der Waals surface area contributed by atoms with E-state index in [9.17, 15) is 14.4 Å². The lowest BCUT2D eigenvalue weighted by atomic mass is 9.95. The van der Waals surface area contributed by atoms with Crippen molar-refractivity contribution in [2.24, 2.45) is 0 Å². The molecule has 0 spiro atoms. The van der Waals surface area contributed by atoms with Gasteiger partial charge in [-0.15, -0.1) is 0 Å². The predicted molar refractivity (Wildman–Crippen MR) is 95.0 cm³/mol. The van der Waals surface area contributed by atoms with E-state index >= 15 is 0 Å². The molecule has 4 N–H and O–H groups in total. The van der Waals surface area contributed by atoms with Gasteiger partial charge in [-0.3, -0.25) is 19.7 Å². The number of rotatable bonds is 3. The van der Waals surface area contributed by atoms with E-state index in [1.165, 1.54) is 11.1 Å². The summed E-state index contributed by atoms with van der Waals surface area (Å²) in [5.41, 5.74) is 0.669. The van der Waals surface area contributed by atoms with Gasteiger partial charge in [0.25, 0.3) is 0 Å². The van der Waals surface area contributed by atoms with Crippen molar-refractivity contribution in [1.82, 2.24) is 25.7 Å². The molecule has 9 heteroatoms. The summed E-state index contributed by atoms with van der Waals surface area (Å²) in [5, 5.41) is 15.7. The second kappa shape index (κ2) is 7.86. The zero-order valence-electron chi connectivity index (χ0n) is 15.2. The Morgan fingerprint density at radius 2 is 1.96 bits per heavy atom. The minimum absolute atomic E-state index is 0.0172. The number of amides is 3. The van der Waals surface area contributed by atoms with E-state index < -0.39 is 18.1 Å². The lowest BCUT2D eigenvalue weighted by Gasteiger charge is -2.30. The molecule has 26 heavy (non-hydrogen) atoms. The highest BCUT2D eigenvalue weighted by atomic mass is 16.2. The van der Waals surface area contributed by atoms with Gasteiger partial charge in [0.05, 0.1) is 5.69 Å². The van der Waals surface area contributed by atoms with E-state index in [0.29, 0.717) is 17.9 Å². The third kappa shape index (κ3) is 4.40.